The highest BCUT2D eigenvalue weighted by atomic mass is 19.1. The number of ether oxygens (including phenoxy) is 1. The molecule has 1 atom stereocenters. The Hall–Kier alpha value is -3.41. The summed E-state index contributed by atoms with van der Waals surface area (Å²) in [5.41, 5.74) is 1.62. The number of benzene rings is 2. The maximum absolute atomic E-state index is 13.0. The number of nitrogens with zero attached hydrogens (tertiary/aromatic N) is 1. The fourth-order valence-electron chi connectivity index (χ4n) is 2.69. The number of halogens is 1. The normalized spacial score (nSPS) is 11.7. The SMILES string of the molecule is CC(c1ccccc1)N(C)C(=O)COC(=O)c1ccc(-c2ccc(F)cc2)o1. The molecule has 0 N–H and O–H groups in total. The zero-order valence-electron chi connectivity index (χ0n) is 15.6. The Morgan fingerprint density at radius 2 is 1.71 bits per heavy atom. The minimum absolute atomic E-state index is 0.0223. The Morgan fingerprint density at radius 3 is 2.39 bits per heavy atom. The van der Waals surface area contributed by atoms with E-state index in [4.69, 9.17) is 9.15 Å². The van der Waals surface area contributed by atoms with E-state index in [1.807, 2.05) is 37.3 Å². The predicted molar refractivity (Wildman–Crippen MR) is 102 cm³/mol. The van der Waals surface area contributed by atoms with Crippen LogP contribution in [0.1, 0.15) is 29.1 Å². The van der Waals surface area contributed by atoms with Crippen LogP contribution in [0, 0.1) is 5.82 Å². The van der Waals surface area contributed by atoms with E-state index in [1.165, 1.54) is 23.1 Å². The summed E-state index contributed by atoms with van der Waals surface area (Å²) in [6.07, 6.45) is 0. The van der Waals surface area contributed by atoms with Gasteiger partial charge in [0.2, 0.25) is 5.76 Å². The van der Waals surface area contributed by atoms with Crippen molar-refractivity contribution < 1.29 is 23.1 Å². The molecule has 0 radical (unpaired) electrons. The fraction of sp³-hybridized carbons (Fsp3) is 0.182. The number of amides is 1. The number of rotatable bonds is 6. The van der Waals surface area contributed by atoms with Crippen molar-refractivity contribution in [1.82, 2.24) is 4.90 Å². The molecule has 0 fully saturated rings. The molecule has 28 heavy (non-hydrogen) atoms. The van der Waals surface area contributed by atoms with Crippen molar-refractivity contribution in [3.63, 3.8) is 0 Å². The molecule has 0 saturated carbocycles. The van der Waals surface area contributed by atoms with E-state index in [9.17, 15) is 14.0 Å². The van der Waals surface area contributed by atoms with E-state index in [0.29, 0.717) is 11.3 Å². The Kier molecular flexibility index (Phi) is 5.89. The molecule has 1 aromatic heterocycles. The number of carbonyl (C=O) groups excluding carboxylic acids is 2. The lowest BCUT2D eigenvalue weighted by Crippen LogP contribution is -2.33. The van der Waals surface area contributed by atoms with Gasteiger partial charge in [-0.2, -0.15) is 0 Å². The van der Waals surface area contributed by atoms with Gasteiger partial charge in [0.05, 0.1) is 6.04 Å². The van der Waals surface area contributed by atoms with Crippen LogP contribution >= 0.6 is 0 Å². The van der Waals surface area contributed by atoms with Gasteiger partial charge in [0.25, 0.3) is 5.91 Å². The van der Waals surface area contributed by atoms with Crippen molar-refractivity contribution in [3.8, 4) is 11.3 Å². The van der Waals surface area contributed by atoms with Crippen LogP contribution < -0.4 is 0 Å². The van der Waals surface area contributed by atoms with E-state index in [1.54, 1.807) is 25.2 Å². The van der Waals surface area contributed by atoms with Crippen molar-refractivity contribution in [2.24, 2.45) is 0 Å². The molecule has 6 heteroatoms. The van der Waals surface area contributed by atoms with Crippen LogP contribution in [0.25, 0.3) is 11.3 Å². The maximum atomic E-state index is 13.0. The van der Waals surface area contributed by atoms with Gasteiger partial charge in [-0.05, 0) is 48.9 Å². The maximum Gasteiger partial charge on any atom is 0.374 e. The molecule has 1 heterocycles. The minimum atomic E-state index is -0.734. The summed E-state index contributed by atoms with van der Waals surface area (Å²) in [6.45, 7) is 1.51. The third-order valence-electron chi connectivity index (χ3n) is 4.52. The molecule has 3 aromatic rings. The van der Waals surface area contributed by atoms with E-state index < -0.39 is 5.97 Å². The van der Waals surface area contributed by atoms with Gasteiger partial charge in [-0.25, -0.2) is 9.18 Å². The molecule has 3 rings (SSSR count). The summed E-state index contributed by atoms with van der Waals surface area (Å²) >= 11 is 0. The second kappa shape index (κ2) is 8.52. The van der Waals surface area contributed by atoms with Gasteiger partial charge in [0.15, 0.2) is 6.61 Å². The Balaban J connectivity index is 1.58. The summed E-state index contributed by atoms with van der Waals surface area (Å²) in [5, 5.41) is 0. The zero-order chi connectivity index (χ0) is 20.1. The second-order valence-electron chi connectivity index (χ2n) is 6.34. The number of carbonyl (C=O) groups is 2. The van der Waals surface area contributed by atoms with Crippen LogP contribution in [0.15, 0.2) is 71.1 Å². The lowest BCUT2D eigenvalue weighted by molar-refractivity contribution is -0.135. The molecule has 2 aromatic carbocycles. The summed E-state index contributed by atoms with van der Waals surface area (Å²) in [7, 11) is 1.66. The molecule has 144 valence electrons. The molecule has 0 aliphatic rings. The lowest BCUT2D eigenvalue weighted by atomic mass is 10.1. The smallest absolute Gasteiger partial charge is 0.374 e. The average Bonchev–Trinajstić information content (AvgIpc) is 3.22. The molecule has 0 aliphatic heterocycles. The van der Waals surface area contributed by atoms with Gasteiger partial charge >= 0.3 is 5.97 Å². The summed E-state index contributed by atoms with van der Waals surface area (Å²) in [4.78, 5) is 26.0. The Bertz CT molecular complexity index is 950. The van der Waals surface area contributed by atoms with E-state index in [2.05, 4.69) is 0 Å². The molecular formula is C22H20FNO4. The summed E-state index contributed by atoms with van der Waals surface area (Å²) < 4.78 is 23.5. The lowest BCUT2D eigenvalue weighted by Gasteiger charge is -2.25. The van der Waals surface area contributed by atoms with Crippen LogP contribution in [0.5, 0.6) is 0 Å². The van der Waals surface area contributed by atoms with Crippen LogP contribution in [-0.2, 0) is 9.53 Å². The number of likely N-dealkylation sites (N-methyl/N-ethyl adjacent to an activating group) is 1. The first-order valence-corrected chi connectivity index (χ1v) is 8.79. The number of furan rings is 1. The van der Waals surface area contributed by atoms with Gasteiger partial charge in [-0.1, -0.05) is 30.3 Å². The third-order valence-corrected chi connectivity index (χ3v) is 4.52. The molecule has 0 saturated heterocycles. The summed E-state index contributed by atoms with van der Waals surface area (Å²) in [6, 6.07) is 18.2. The largest absolute Gasteiger partial charge is 0.450 e. The van der Waals surface area contributed by atoms with Gasteiger partial charge in [0.1, 0.15) is 11.6 Å². The molecule has 1 amide bonds. The predicted octanol–water partition coefficient (Wildman–Crippen LogP) is 4.46. The Morgan fingerprint density at radius 1 is 1.04 bits per heavy atom. The quantitative estimate of drug-likeness (QED) is 0.592. The van der Waals surface area contributed by atoms with Crippen molar-refractivity contribution in [2.45, 2.75) is 13.0 Å². The molecule has 1 unspecified atom stereocenters. The van der Waals surface area contributed by atoms with Crippen molar-refractivity contribution in [2.75, 3.05) is 13.7 Å². The van der Waals surface area contributed by atoms with Crippen LogP contribution in [0.3, 0.4) is 0 Å². The standard InChI is InChI=1S/C22H20FNO4/c1-15(16-6-4-3-5-7-16)24(2)21(25)14-27-22(26)20-13-12-19(28-20)17-8-10-18(23)11-9-17/h3-13,15H,14H2,1-2H3. The highest BCUT2D eigenvalue weighted by molar-refractivity contribution is 5.89. The summed E-state index contributed by atoms with van der Waals surface area (Å²) in [5.74, 6) is -1.03. The Labute approximate surface area is 162 Å². The highest BCUT2D eigenvalue weighted by Crippen LogP contribution is 2.23. The first-order valence-electron chi connectivity index (χ1n) is 8.79. The zero-order valence-corrected chi connectivity index (χ0v) is 15.6. The molecule has 0 aliphatic carbocycles. The van der Waals surface area contributed by atoms with Gasteiger partial charge < -0.3 is 14.1 Å². The van der Waals surface area contributed by atoms with Gasteiger partial charge in [-0.3, -0.25) is 4.79 Å². The first-order chi connectivity index (χ1) is 13.5. The van der Waals surface area contributed by atoms with E-state index in [0.717, 1.165) is 5.56 Å². The highest BCUT2D eigenvalue weighted by Gasteiger charge is 2.20. The third kappa shape index (κ3) is 4.46. The fourth-order valence-corrected chi connectivity index (χ4v) is 2.69. The average molecular weight is 381 g/mol. The molecular weight excluding hydrogens is 361 g/mol. The van der Waals surface area contributed by atoms with Crippen LogP contribution in [-0.4, -0.2) is 30.4 Å². The topological polar surface area (TPSA) is 59.8 Å². The monoisotopic (exact) mass is 381 g/mol. The van der Waals surface area contributed by atoms with Crippen LogP contribution in [0.2, 0.25) is 0 Å². The van der Waals surface area contributed by atoms with Crippen molar-refractivity contribution >= 4 is 11.9 Å². The number of hydrogen-bond donors (Lipinski definition) is 0. The minimum Gasteiger partial charge on any atom is -0.450 e. The second-order valence-corrected chi connectivity index (χ2v) is 6.34. The van der Waals surface area contributed by atoms with Gasteiger partial charge in [-0.15, -0.1) is 0 Å². The molecule has 0 bridgehead atoms. The first kappa shape index (κ1) is 19.4. The molecule has 5 nitrogen and oxygen atoms in total. The van der Waals surface area contributed by atoms with Crippen molar-refractivity contribution in [3.05, 3.63) is 83.9 Å². The van der Waals surface area contributed by atoms with E-state index >= 15 is 0 Å². The number of esters is 1. The van der Waals surface area contributed by atoms with Crippen molar-refractivity contribution in [1.29, 1.82) is 0 Å². The molecule has 0 spiro atoms. The van der Waals surface area contributed by atoms with E-state index in [-0.39, 0.29) is 30.1 Å². The van der Waals surface area contributed by atoms with Crippen LogP contribution in [0.4, 0.5) is 4.39 Å². The van der Waals surface area contributed by atoms with Gasteiger partial charge in [0, 0.05) is 12.6 Å². The number of hydrogen-bond acceptors (Lipinski definition) is 4.